The summed E-state index contributed by atoms with van der Waals surface area (Å²) in [5.74, 6) is 1.58. The summed E-state index contributed by atoms with van der Waals surface area (Å²) in [5, 5.41) is 12.2. The number of aliphatic hydroxyl groups is 1. The molecule has 0 amide bonds. The smallest absolute Gasteiger partial charge is 0.130 e. The summed E-state index contributed by atoms with van der Waals surface area (Å²) in [5.41, 5.74) is 0.798. The first-order chi connectivity index (χ1) is 6.93. The van der Waals surface area contributed by atoms with Gasteiger partial charge in [0.15, 0.2) is 0 Å². The van der Waals surface area contributed by atoms with Crippen LogP contribution in [0.2, 0.25) is 0 Å². The molecular weight excluding hydrogens is 190 g/mol. The van der Waals surface area contributed by atoms with E-state index in [9.17, 15) is 0 Å². The van der Waals surface area contributed by atoms with Crippen LogP contribution in [0.15, 0.2) is 6.07 Å². The molecule has 84 valence electrons. The third kappa shape index (κ3) is 3.83. The predicted octanol–water partition coefficient (Wildman–Crippen LogP) is 1.67. The second-order valence-corrected chi connectivity index (χ2v) is 4.42. The van der Waals surface area contributed by atoms with E-state index in [4.69, 9.17) is 5.11 Å². The first-order valence-corrected chi connectivity index (χ1v) is 5.14. The molecule has 0 unspecified atom stereocenters. The molecule has 4 heteroatoms. The van der Waals surface area contributed by atoms with Crippen LogP contribution in [-0.2, 0) is 0 Å². The normalized spacial score (nSPS) is 11.5. The van der Waals surface area contributed by atoms with Crippen LogP contribution in [0.1, 0.15) is 31.8 Å². The van der Waals surface area contributed by atoms with Gasteiger partial charge in [-0.3, -0.25) is 0 Å². The van der Waals surface area contributed by atoms with Crippen LogP contribution < -0.4 is 5.32 Å². The molecule has 1 aromatic rings. The van der Waals surface area contributed by atoms with Crippen LogP contribution in [0.3, 0.4) is 0 Å². The topological polar surface area (TPSA) is 58.0 Å². The highest BCUT2D eigenvalue weighted by Gasteiger charge is 2.17. The molecule has 0 atom stereocenters. The van der Waals surface area contributed by atoms with E-state index in [1.807, 2.05) is 33.8 Å². The Morgan fingerprint density at radius 3 is 2.53 bits per heavy atom. The van der Waals surface area contributed by atoms with Crippen molar-refractivity contribution in [2.45, 2.75) is 39.7 Å². The molecule has 2 N–H and O–H groups in total. The molecule has 0 aromatic carbocycles. The molecule has 0 spiro atoms. The van der Waals surface area contributed by atoms with Crippen molar-refractivity contribution in [3.63, 3.8) is 0 Å². The lowest BCUT2D eigenvalue weighted by Crippen LogP contribution is -2.32. The number of rotatable bonds is 4. The average molecular weight is 209 g/mol. The van der Waals surface area contributed by atoms with E-state index < -0.39 is 0 Å². The Kier molecular flexibility index (Phi) is 3.63. The van der Waals surface area contributed by atoms with Crippen molar-refractivity contribution in [3.05, 3.63) is 17.6 Å². The summed E-state index contributed by atoms with van der Waals surface area (Å²) in [6, 6.07) is 1.91. The highest BCUT2D eigenvalue weighted by atomic mass is 16.3. The van der Waals surface area contributed by atoms with Crippen LogP contribution in [0, 0.1) is 13.8 Å². The van der Waals surface area contributed by atoms with Gasteiger partial charge in [-0.1, -0.05) is 0 Å². The van der Waals surface area contributed by atoms with E-state index in [0.29, 0.717) is 6.42 Å². The molecule has 0 aliphatic carbocycles. The fourth-order valence-corrected chi connectivity index (χ4v) is 1.47. The number of hydrogen-bond donors (Lipinski definition) is 2. The van der Waals surface area contributed by atoms with Gasteiger partial charge in [0.05, 0.1) is 0 Å². The van der Waals surface area contributed by atoms with E-state index in [2.05, 4.69) is 15.3 Å². The van der Waals surface area contributed by atoms with Crippen LogP contribution in [0.4, 0.5) is 5.82 Å². The van der Waals surface area contributed by atoms with Crippen molar-refractivity contribution < 1.29 is 5.11 Å². The Morgan fingerprint density at radius 1 is 1.33 bits per heavy atom. The molecule has 1 aromatic heterocycles. The van der Waals surface area contributed by atoms with E-state index in [1.165, 1.54) is 0 Å². The van der Waals surface area contributed by atoms with E-state index in [1.54, 1.807) is 0 Å². The molecule has 0 fully saturated rings. The van der Waals surface area contributed by atoms with Gasteiger partial charge in [-0.05, 0) is 34.1 Å². The Hall–Kier alpha value is -1.16. The summed E-state index contributed by atoms with van der Waals surface area (Å²) >= 11 is 0. The third-order valence-electron chi connectivity index (χ3n) is 2.17. The number of anilines is 1. The summed E-state index contributed by atoms with van der Waals surface area (Å²) in [6.45, 7) is 8.06. The SMILES string of the molecule is Cc1cc(NC(C)(C)CCO)nc(C)n1. The maximum Gasteiger partial charge on any atom is 0.130 e. The second-order valence-electron chi connectivity index (χ2n) is 4.42. The van der Waals surface area contributed by atoms with Crippen LogP contribution in [0.5, 0.6) is 0 Å². The zero-order valence-corrected chi connectivity index (χ0v) is 9.83. The molecule has 0 saturated carbocycles. The van der Waals surface area contributed by atoms with Crippen LogP contribution in [0.25, 0.3) is 0 Å². The molecule has 0 aliphatic heterocycles. The molecule has 0 radical (unpaired) electrons. The second kappa shape index (κ2) is 4.57. The Bertz CT molecular complexity index is 316. The van der Waals surface area contributed by atoms with E-state index in [0.717, 1.165) is 17.3 Å². The Morgan fingerprint density at radius 2 is 2.00 bits per heavy atom. The van der Waals surface area contributed by atoms with E-state index in [-0.39, 0.29) is 12.1 Å². The molecule has 4 nitrogen and oxygen atoms in total. The zero-order chi connectivity index (χ0) is 11.5. The van der Waals surface area contributed by atoms with Gasteiger partial charge in [-0.25, -0.2) is 9.97 Å². The molecule has 0 saturated heterocycles. The summed E-state index contributed by atoms with van der Waals surface area (Å²) < 4.78 is 0. The van der Waals surface area contributed by atoms with Crippen LogP contribution >= 0.6 is 0 Å². The molecule has 1 heterocycles. The Balaban J connectivity index is 2.80. The van der Waals surface area contributed by atoms with Crippen molar-refractivity contribution in [3.8, 4) is 0 Å². The number of aromatic nitrogens is 2. The minimum Gasteiger partial charge on any atom is -0.396 e. The number of nitrogens with zero attached hydrogens (tertiary/aromatic N) is 2. The lowest BCUT2D eigenvalue weighted by Gasteiger charge is -2.26. The van der Waals surface area contributed by atoms with Gasteiger partial charge in [0.2, 0.25) is 0 Å². The van der Waals surface area contributed by atoms with Gasteiger partial charge >= 0.3 is 0 Å². The lowest BCUT2D eigenvalue weighted by atomic mass is 10.0. The number of hydrogen-bond acceptors (Lipinski definition) is 4. The molecule has 15 heavy (non-hydrogen) atoms. The van der Waals surface area contributed by atoms with Gasteiger partial charge in [0.25, 0.3) is 0 Å². The number of aryl methyl sites for hydroxylation is 2. The maximum atomic E-state index is 8.92. The minimum absolute atomic E-state index is 0.151. The highest BCUT2D eigenvalue weighted by molar-refractivity contribution is 5.38. The summed E-state index contributed by atoms with van der Waals surface area (Å²) in [6.07, 6.45) is 0.690. The highest BCUT2D eigenvalue weighted by Crippen LogP contribution is 2.16. The first kappa shape index (κ1) is 11.9. The maximum absolute atomic E-state index is 8.92. The molecule has 0 aliphatic rings. The number of aliphatic hydroxyl groups excluding tert-OH is 1. The van der Waals surface area contributed by atoms with Gasteiger partial charge in [-0.15, -0.1) is 0 Å². The van der Waals surface area contributed by atoms with Crippen molar-refractivity contribution in [1.29, 1.82) is 0 Å². The van der Waals surface area contributed by atoms with Gasteiger partial charge in [0.1, 0.15) is 11.6 Å². The standard InChI is InChI=1S/C11H19N3O/c1-8-7-10(13-9(2)12-8)14-11(3,4)5-6-15/h7,15H,5-6H2,1-4H3,(H,12,13,14). The van der Waals surface area contributed by atoms with Crippen LogP contribution in [-0.4, -0.2) is 27.2 Å². The van der Waals surface area contributed by atoms with E-state index >= 15 is 0 Å². The van der Waals surface area contributed by atoms with Gasteiger partial charge in [-0.2, -0.15) is 0 Å². The van der Waals surface area contributed by atoms with Gasteiger partial charge in [0, 0.05) is 23.9 Å². The minimum atomic E-state index is -0.151. The number of nitrogens with one attached hydrogen (secondary N) is 1. The summed E-state index contributed by atoms with van der Waals surface area (Å²) in [7, 11) is 0. The molecule has 1 rings (SSSR count). The zero-order valence-electron chi connectivity index (χ0n) is 9.83. The fourth-order valence-electron chi connectivity index (χ4n) is 1.47. The first-order valence-electron chi connectivity index (χ1n) is 5.14. The van der Waals surface area contributed by atoms with Gasteiger partial charge < -0.3 is 10.4 Å². The monoisotopic (exact) mass is 209 g/mol. The fraction of sp³-hybridized carbons (Fsp3) is 0.636. The third-order valence-corrected chi connectivity index (χ3v) is 2.17. The Labute approximate surface area is 90.8 Å². The average Bonchev–Trinajstić information content (AvgIpc) is 1.99. The van der Waals surface area contributed by atoms with Crippen molar-refractivity contribution >= 4 is 5.82 Å². The predicted molar refractivity (Wildman–Crippen MR) is 60.9 cm³/mol. The van der Waals surface area contributed by atoms with Crippen molar-refractivity contribution in [2.24, 2.45) is 0 Å². The molecular formula is C11H19N3O. The van der Waals surface area contributed by atoms with Crippen molar-refractivity contribution in [2.75, 3.05) is 11.9 Å². The largest absolute Gasteiger partial charge is 0.396 e. The van der Waals surface area contributed by atoms with Crippen molar-refractivity contribution in [1.82, 2.24) is 9.97 Å². The molecule has 0 bridgehead atoms. The summed E-state index contributed by atoms with van der Waals surface area (Å²) in [4.78, 5) is 8.51. The quantitative estimate of drug-likeness (QED) is 0.792. The lowest BCUT2D eigenvalue weighted by molar-refractivity contribution is 0.260.